The van der Waals surface area contributed by atoms with E-state index in [0.717, 1.165) is 43.0 Å². The maximum atomic E-state index is 9.05. The third-order valence-corrected chi connectivity index (χ3v) is 3.99. The van der Waals surface area contributed by atoms with Crippen LogP contribution in [0.25, 0.3) is 0 Å². The number of thiazole rings is 1. The van der Waals surface area contributed by atoms with Gasteiger partial charge in [0.15, 0.2) is 0 Å². The van der Waals surface area contributed by atoms with E-state index < -0.39 is 0 Å². The summed E-state index contributed by atoms with van der Waals surface area (Å²) in [5, 5.41) is 11.9. The number of hydrogen-bond donors (Lipinski definition) is 1. The Bertz CT molecular complexity index is 319. The second-order valence-corrected chi connectivity index (χ2v) is 5.22. The van der Waals surface area contributed by atoms with E-state index in [4.69, 9.17) is 9.84 Å². The molecular formula is C12H19NO2S. The van der Waals surface area contributed by atoms with Gasteiger partial charge in [0.05, 0.1) is 5.69 Å². The maximum Gasteiger partial charge on any atom is 0.273 e. The molecule has 0 radical (unpaired) electrons. The molecule has 3 nitrogen and oxygen atoms in total. The summed E-state index contributed by atoms with van der Waals surface area (Å²) in [5.74, 6) is 0.488. The minimum absolute atomic E-state index is 0.304. The monoisotopic (exact) mass is 241 g/mol. The lowest BCUT2D eigenvalue weighted by Gasteiger charge is -2.26. The zero-order chi connectivity index (χ0) is 11.4. The van der Waals surface area contributed by atoms with Crippen molar-refractivity contribution in [3.05, 3.63) is 11.1 Å². The number of ether oxygens (including phenoxy) is 1. The quantitative estimate of drug-likeness (QED) is 0.881. The first-order valence-electron chi connectivity index (χ1n) is 6.03. The van der Waals surface area contributed by atoms with Crippen molar-refractivity contribution in [3.8, 4) is 5.19 Å². The SMILES string of the molecule is CCc1csc(OC2CCC(CO)CC2)n1. The topological polar surface area (TPSA) is 42.4 Å². The molecule has 1 N–H and O–H groups in total. The molecule has 0 saturated heterocycles. The van der Waals surface area contributed by atoms with Gasteiger partial charge in [0.2, 0.25) is 0 Å². The summed E-state index contributed by atoms with van der Waals surface area (Å²) in [7, 11) is 0. The first-order valence-corrected chi connectivity index (χ1v) is 6.91. The molecule has 1 aliphatic carbocycles. The molecule has 1 aliphatic rings. The van der Waals surface area contributed by atoms with Crippen LogP contribution in [0.15, 0.2) is 5.38 Å². The molecule has 90 valence electrons. The van der Waals surface area contributed by atoms with Gasteiger partial charge in [-0.2, -0.15) is 0 Å². The van der Waals surface area contributed by atoms with Crippen molar-refractivity contribution in [2.75, 3.05) is 6.61 Å². The van der Waals surface area contributed by atoms with Crippen LogP contribution in [-0.2, 0) is 6.42 Å². The second-order valence-electron chi connectivity index (χ2n) is 4.40. The van der Waals surface area contributed by atoms with Crippen molar-refractivity contribution in [1.29, 1.82) is 0 Å². The van der Waals surface area contributed by atoms with Crippen molar-refractivity contribution in [2.24, 2.45) is 5.92 Å². The van der Waals surface area contributed by atoms with Crippen LogP contribution in [0.1, 0.15) is 38.3 Å². The molecule has 16 heavy (non-hydrogen) atoms. The summed E-state index contributed by atoms with van der Waals surface area (Å²) < 4.78 is 5.86. The predicted molar refractivity (Wildman–Crippen MR) is 65.0 cm³/mol. The van der Waals surface area contributed by atoms with Gasteiger partial charge in [-0.05, 0) is 38.0 Å². The molecule has 0 atom stereocenters. The molecule has 4 heteroatoms. The van der Waals surface area contributed by atoms with Crippen LogP contribution in [0, 0.1) is 5.92 Å². The Hall–Kier alpha value is -0.610. The van der Waals surface area contributed by atoms with E-state index >= 15 is 0 Å². The van der Waals surface area contributed by atoms with Crippen LogP contribution < -0.4 is 4.74 Å². The fourth-order valence-corrected chi connectivity index (χ4v) is 2.90. The summed E-state index contributed by atoms with van der Waals surface area (Å²) >= 11 is 1.59. The van der Waals surface area contributed by atoms with Gasteiger partial charge in [0.1, 0.15) is 6.10 Å². The average Bonchev–Trinajstić information content (AvgIpc) is 2.78. The fourth-order valence-electron chi connectivity index (χ4n) is 2.08. The van der Waals surface area contributed by atoms with Gasteiger partial charge in [-0.1, -0.05) is 18.3 Å². The summed E-state index contributed by atoms with van der Waals surface area (Å²) in [6, 6.07) is 0. The van der Waals surface area contributed by atoms with Crippen LogP contribution in [-0.4, -0.2) is 22.8 Å². The molecule has 0 aromatic carbocycles. The van der Waals surface area contributed by atoms with Gasteiger partial charge < -0.3 is 9.84 Å². The highest BCUT2D eigenvalue weighted by Gasteiger charge is 2.22. The molecule has 0 spiro atoms. The van der Waals surface area contributed by atoms with Gasteiger partial charge in [-0.25, -0.2) is 4.98 Å². The largest absolute Gasteiger partial charge is 0.467 e. The van der Waals surface area contributed by atoms with Gasteiger partial charge >= 0.3 is 0 Å². The number of aromatic nitrogens is 1. The Morgan fingerprint density at radius 1 is 1.44 bits per heavy atom. The van der Waals surface area contributed by atoms with E-state index in [9.17, 15) is 0 Å². The summed E-state index contributed by atoms with van der Waals surface area (Å²) in [6.45, 7) is 2.43. The summed E-state index contributed by atoms with van der Waals surface area (Å²) in [5.41, 5.74) is 1.11. The normalized spacial score (nSPS) is 25.6. The maximum absolute atomic E-state index is 9.05. The third-order valence-electron chi connectivity index (χ3n) is 3.21. The van der Waals surface area contributed by atoms with Crippen LogP contribution in [0.5, 0.6) is 5.19 Å². The minimum atomic E-state index is 0.304. The van der Waals surface area contributed by atoms with Crippen LogP contribution in [0.3, 0.4) is 0 Å². The standard InChI is InChI=1S/C12H19NO2S/c1-2-10-8-16-12(13-10)15-11-5-3-9(7-14)4-6-11/h8-9,11,14H,2-7H2,1H3. The van der Waals surface area contributed by atoms with Gasteiger partial charge in [0.25, 0.3) is 5.19 Å². The number of rotatable bonds is 4. The lowest BCUT2D eigenvalue weighted by Crippen LogP contribution is -2.25. The van der Waals surface area contributed by atoms with Crippen molar-refractivity contribution >= 4 is 11.3 Å². The smallest absolute Gasteiger partial charge is 0.273 e. The third kappa shape index (κ3) is 2.95. The van der Waals surface area contributed by atoms with E-state index in [-0.39, 0.29) is 0 Å². The molecule has 0 aliphatic heterocycles. The fraction of sp³-hybridized carbons (Fsp3) is 0.750. The van der Waals surface area contributed by atoms with Crippen molar-refractivity contribution in [3.63, 3.8) is 0 Å². The predicted octanol–water partition coefficient (Wildman–Crippen LogP) is 2.64. The lowest BCUT2D eigenvalue weighted by atomic mass is 9.88. The Balaban J connectivity index is 1.82. The van der Waals surface area contributed by atoms with Gasteiger partial charge in [-0.3, -0.25) is 0 Å². The number of nitrogens with zero attached hydrogens (tertiary/aromatic N) is 1. The Morgan fingerprint density at radius 3 is 2.75 bits per heavy atom. The molecule has 0 unspecified atom stereocenters. The van der Waals surface area contributed by atoms with Crippen LogP contribution in [0.2, 0.25) is 0 Å². The number of aliphatic hydroxyl groups is 1. The van der Waals surface area contributed by atoms with Gasteiger partial charge in [0, 0.05) is 12.0 Å². The Labute approximate surface area is 100 Å². The summed E-state index contributed by atoms with van der Waals surface area (Å²) in [4.78, 5) is 4.41. The number of hydrogen-bond acceptors (Lipinski definition) is 4. The Kier molecular flexibility index (Phi) is 4.18. The van der Waals surface area contributed by atoms with E-state index in [1.165, 1.54) is 0 Å². The average molecular weight is 241 g/mol. The molecule has 1 saturated carbocycles. The number of aryl methyl sites for hydroxylation is 1. The highest BCUT2D eigenvalue weighted by molar-refractivity contribution is 7.11. The van der Waals surface area contributed by atoms with Crippen LogP contribution in [0.4, 0.5) is 0 Å². The molecule has 0 amide bonds. The molecule has 1 aromatic rings. The van der Waals surface area contributed by atoms with E-state index in [0.29, 0.717) is 18.6 Å². The highest BCUT2D eigenvalue weighted by atomic mass is 32.1. The zero-order valence-electron chi connectivity index (χ0n) is 9.69. The van der Waals surface area contributed by atoms with Crippen molar-refractivity contribution < 1.29 is 9.84 Å². The zero-order valence-corrected chi connectivity index (χ0v) is 10.5. The second kappa shape index (κ2) is 5.64. The molecule has 2 rings (SSSR count). The Morgan fingerprint density at radius 2 is 2.19 bits per heavy atom. The molecule has 1 fully saturated rings. The molecule has 1 heterocycles. The first-order chi connectivity index (χ1) is 7.81. The lowest BCUT2D eigenvalue weighted by molar-refractivity contribution is 0.104. The van der Waals surface area contributed by atoms with Crippen LogP contribution >= 0.6 is 11.3 Å². The number of aliphatic hydroxyl groups excluding tert-OH is 1. The molecular weight excluding hydrogens is 222 g/mol. The van der Waals surface area contributed by atoms with E-state index in [2.05, 4.69) is 17.3 Å². The van der Waals surface area contributed by atoms with Crippen molar-refractivity contribution in [2.45, 2.75) is 45.1 Å². The first kappa shape index (κ1) is 11.9. The van der Waals surface area contributed by atoms with E-state index in [1.807, 2.05) is 0 Å². The molecule has 0 bridgehead atoms. The highest BCUT2D eigenvalue weighted by Crippen LogP contribution is 2.28. The van der Waals surface area contributed by atoms with Crippen molar-refractivity contribution in [1.82, 2.24) is 4.98 Å². The van der Waals surface area contributed by atoms with Gasteiger partial charge in [-0.15, -0.1) is 0 Å². The minimum Gasteiger partial charge on any atom is -0.467 e. The van der Waals surface area contributed by atoms with E-state index in [1.54, 1.807) is 11.3 Å². The summed E-state index contributed by atoms with van der Waals surface area (Å²) in [6.07, 6.45) is 5.52. The molecule has 1 aromatic heterocycles.